The number of rotatable bonds is 2. The molecule has 1 fully saturated rings. The highest BCUT2D eigenvalue weighted by Gasteiger charge is 2.26. The van der Waals surface area contributed by atoms with Crippen molar-refractivity contribution in [3.63, 3.8) is 0 Å². The first-order valence-electron chi connectivity index (χ1n) is 6.69. The molecule has 0 bridgehead atoms. The molecule has 1 aliphatic heterocycles. The molecular formula is C14H20BrN3O2. The molecular weight excluding hydrogens is 322 g/mol. The van der Waals surface area contributed by atoms with Gasteiger partial charge >= 0.3 is 6.09 Å². The lowest BCUT2D eigenvalue weighted by atomic mass is 10.2. The average molecular weight is 342 g/mol. The van der Waals surface area contributed by atoms with Gasteiger partial charge in [-0.15, -0.1) is 0 Å². The molecule has 2 heterocycles. The SMILES string of the molecule is CC(C)(C)OC(=O)NC1CCN(c2cc(Br)ccn2)C1. The Morgan fingerprint density at radius 1 is 1.55 bits per heavy atom. The van der Waals surface area contributed by atoms with E-state index in [1.54, 1.807) is 6.20 Å². The molecule has 110 valence electrons. The summed E-state index contributed by atoms with van der Waals surface area (Å²) in [5.74, 6) is 0.924. The molecule has 1 amide bonds. The van der Waals surface area contributed by atoms with Crippen molar-refractivity contribution in [2.45, 2.75) is 38.8 Å². The van der Waals surface area contributed by atoms with Gasteiger partial charge in [0.25, 0.3) is 0 Å². The largest absolute Gasteiger partial charge is 0.444 e. The van der Waals surface area contributed by atoms with E-state index < -0.39 is 5.60 Å². The van der Waals surface area contributed by atoms with E-state index in [0.717, 1.165) is 29.8 Å². The van der Waals surface area contributed by atoms with Gasteiger partial charge < -0.3 is 15.0 Å². The number of nitrogens with one attached hydrogen (secondary N) is 1. The number of hydrogen-bond acceptors (Lipinski definition) is 4. The Kier molecular flexibility index (Phi) is 4.52. The van der Waals surface area contributed by atoms with E-state index in [1.807, 2.05) is 32.9 Å². The first-order valence-corrected chi connectivity index (χ1v) is 7.49. The number of halogens is 1. The van der Waals surface area contributed by atoms with Crippen LogP contribution in [0.3, 0.4) is 0 Å². The van der Waals surface area contributed by atoms with Gasteiger partial charge in [0.2, 0.25) is 0 Å². The fourth-order valence-electron chi connectivity index (χ4n) is 2.13. The summed E-state index contributed by atoms with van der Waals surface area (Å²) in [7, 11) is 0. The van der Waals surface area contributed by atoms with Crippen LogP contribution in [0.25, 0.3) is 0 Å². The summed E-state index contributed by atoms with van der Waals surface area (Å²) in [5.41, 5.74) is -0.464. The van der Waals surface area contributed by atoms with Crippen LogP contribution in [0.15, 0.2) is 22.8 Å². The Morgan fingerprint density at radius 3 is 2.95 bits per heavy atom. The highest BCUT2D eigenvalue weighted by Crippen LogP contribution is 2.21. The highest BCUT2D eigenvalue weighted by atomic mass is 79.9. The molecule has 20 heavy (non-hydrogen) atoms. The van der Waals surface area contributed by atoms with Crippen LogP contribution in [-0.2, 0) is 4.74 Å². The van der Waals surface area contributed by atoms with Crippen molar-refractivity contribution < 1.29 is 9.53 Å². The fraction of sp³-hybridized carbons (Fsp3) is 0.571. The van der Waals surface area contributed by atoms with Crippen molar-refractivity contribution in [3.05, 3.63) is 22.8 Å². The van der Waals surface area contributed by atoms with Gasteiger partial charge in [-0.3, -0.25) is 0 Å². The summed E-state index contributed by atoms with van der Waals surface area (Å²) < 4.78 is 6.27. The number of aromatic nitrogens is 1. The zero-order valence-electron chi connectivity index (χ0n) is 12.0. The molecule has 1 atom stereocenters. The number of hydrogen-bond donors (Lipinski definition) is 1. The molecule has 0 spiro atoms. The van der Waals surface area contributed by atoms with Crippen molar-refractivity contribution in [2.75, 3.05) is 18.0 Å². The van der Waals surface area contributed by atoms with Crippen molar-refractivity contribution >= 4 is 27.8 Å². The van der Waals surface area contributed by atoms with Crippen LogP contribution in [-0.4, -0.2) is 35.8 Å². The number of amides is 1. The molecule has 2 rings (SSSR count). The fourth-order valence-corrected chi connectivity index (χ4v) is 2.45. The third-order valence-electron chi connectivity index (χ3n) is 2.94. The molecule has 0 saturated carbocycles. The number of nitrogens with zero attached hydrogens (tertiary/aromatic N) is 2. The Balaban J connectivity index is 1.88. The molecule has 0 aliphatic carbocycles. The highest BCUT2D eigenvalue weighted by molar-refractivity contribution is 9.10. The predicted molar refractivity (Wildman–Crippen MR) is 81.9 cm³/mol. The van der Waals surface area contributed by atoms with Crippen LogP contribution >= 0.6 is 15.9 Å². The van der Waals surface area contributed by atoms with Crippen molar-refractivity contribution in [1.29, 1.82) is 0 Å². The van der Waals surface area contributed by atoms with E-state index in [1.165, 1.54) is 0 Å². The molecule has 1 aromatic heterocycles. The van der Waals surface area contributed by atoms with Crippen LogP contribution < -0.4 is 10.2 Å². The van der Waals surface area contributed by atoms with Crippen molar-refractivity contribution in [3.8, 4) is 0 Å². The Morgan fingerprint density at radius 2 is 2.30 bits per heavy atom. The topological polar surface area (TPSA) is 54.5 Å². The Bertz CT molecular complexity index is 488. The third-order valence-corrected chi connectivity index (χ3v) is 3.43. The number of ether oxygens (including phenoxy) is 1. The van der Waals surface area contributed by atoms with E-state index in [-0.39, 0.29) is 12.1 Å². The van der Waals surface area contributed by atoms with Crippen molar-refractivity contribution in [2.24, 2.45) is 0 Å². The van der Waals surface area contributed by atoms with Gasteiger partial charge in [-0.05, 0) is 39.3 Å². The summed E-state index contributed by atoms with van der Waals surface area (Å²) in [4.78, 5) is 18.2. The summed E-state index contributed by atoms with van der Waals surface area (Å²) in [6.45, 7) is 7.21. The standard InChI is InChI=1S/C14H20BrN3O2/c1-14(2,3)20-13(19)17-11-5-7-18(9-11)12-8-10(15)4-6-16-12/h4,6,8,11H,5,7,9H2,1-3H3,(H,17,19). The molecule has 1 aliphatic rings. The molecule has 0 aromatic carbocycles. The Hall–Kier alpha value is -1.30. The molecule has 0 radical (unpaired) electrons. The lowest BCUT2D eigenvalue weighted by Gasteiger charge is -2.22. The van der Waals surface area contributed by atoms with Crippen LogP contribution in [0.4, 0.5) is 10.6 Å². The first-order chi connectivity index (χ1) is 9.33. The zero-order chi connectivity index (χ0) is 14.8. The first kappa shape index (κ1) is 15.1. The summed E-state index contributed by atoms with van der Waals surface area (Å²) in [5, 5.41) is 2.91. The number of anilines is 1. The smallest absolute Gasteiger partial charge is 0.407 e. The number of carbonyl (C=O) groups is 1. The van der Waals surface area contributed by atoms with Crippen molar-refractivity contribution in [1.82, 2.24) is 10.3 Å². The van der Waals surface area contributed by atoms with Gasteiger partial charge in [-0.2, -0.15) is 0 Å². The maximum atomic E-state index is 11.7. The monoisotopic (exact) mass is 341 g/mol. The Labute approximate surface area is 127 Å². The lowest BCUT2D eigenvalue weighted by Crippen LogP contribution is -2.40. The van der Waals surface area contributed by atoms with Gasteiger partial charge in [0.1, 0.15) is 11.4 Å². The van der Waals surface area contributed by atoms with Gasteiger partial charge in [0.05, 0.1) is 6.04 Å². The number of alkyl carbamates (subject to hydrolysis) is 1. The minimum atomic E-state index is -0.464. The van der Waals surface area contributed by atoms with Crippen LogP contribution in [0.5, 0.6) is 0 Å². The van der Waals surface area contributed by atoms with Crippen LogP contribution in [0.1, 0.15) is 27.2 Å². The molecule has 1 N–H and O–H groups in total. The molecule has 1 unspecified atom stereocenters. The quantitative estimate of drug-likeness (QED) is 0.898. The third kappa shape index (κ3) is 4.37. The van der Waals surface area contributed by atoms with Gasteiger partial charge in [0.15, 0.2) is 0 Å². The number of pyridine rings is 1. The average Bonchev–Trinajstić information content (AvgIpc) is 2.74. The predicted octanol–water partition coefficient (Wildman–Crippen LogP) is 2.95. The summed E-state index contributed by atoms with van der Waals surface area (Å²) in [6.07, 6.45) is 2.31. The summed E-state index contributed by atoms with van der Waals surface area (Å²) in [6, 6.07) is 3.98. The second-order valence-electron chi connectivity index (χ2n) is 5.91. The molecule has 1 aromatic rings. The number of carbonyl (C=O) groups excluding carboxylic acids is 1. The summed E-state index contributed by atoms with van der Waals surface area (Å²) >= 11 is 3.44. The normalized spacial score (nSPS) is 19.0. The van der Waals surface area contributed by atoms with Gasteiger partial charge in [0, 0.05) is 23.8 Å². The van der Waals surface area contributed by atoms with E-state index >= 15 is 0 Å². The molecule has 5 nitrogen and oxygen atoms in total. The lowest BCUT2D eigenvalue weighted by molar-refractivity contribution is 0.0509. The molecule has 6 heteroatoms. The van der Waals surface area contributed by atoms with E-state index in [0.29, 0.717) is 0 Å². The van der Waals surface area contributed by atoms with Crippen LogP contribution in [0.2, 0.25) is 0 Å². The van der Waals surface area contributed by atoms with E-state index in [9.17, 15) is 4.79 Å². The minimum Gasteiger partial charge on any atom is -0.444 e. The van der Waals surface area contributed by atoms with Crippen LogP contribution in [0, 0.1) is 0 Å². The van der Waals surface area contributed by atoms with E-state index in [4.69, 9.17) is 4.74 Å². The van der Waals surface area contributed by atoms with Gasteiger partial charge in [-0.1, -0.05) is 15.9 Å². The van der Waals surface area contributed by atoms with Gasteiger partial charge in [-0.25, -0.2) is 9.78 Å². The zero-order valence-corrected chi connectivity index (χ0v) is 13.6. The minimum absolute atomic E-state index is 0.102. The van der Waals surface area contributed by atoms with E-state index in [2.05, 4.69) is 31.1 Å². The maximum Gasteiger partial charge on any atom is 0.407 e. The second-order valence-corrected chi connectivity index (χ2v) is 6.83. The molecule has 1 saturated heterocycles. The maximum absolute atomic E-state index is 11.7. The second kappa shape index (κ2) is 5.99.